The fraction of sp³-hybridized carbons (Fsp3) is 0.545. The zero-order valence-electron chi connectivity index (χ0n) is 10.2. The maximum Gasteiger partial charge on any atom is 0.326 e. The number of nitrogens with zero attached hydrogens (tertiary/aromatic N) is 3. The van der Waals surface area contributed by atoms with Gasteiger partial charge in [-0.1, -0.05) is 11.6 Å². The SMILES string of the molecule is Cc1nn(C)c(Cl)c1CN1C(=O)CCC1C(=O)O. The van der Waals surface area contributed by atoms with Crippen molar-refractivity contribution in [2.75, 3.05) is 0 Å². The van der Waals surface area contributed by atoms with Gasteiger partial charge in [-0.15, -0.1) is 0 Å². The Balaban J connectivity index is 2.27. The zero-order chi connectivity index (χ0) is 13.4. The molecule has 7 heteroatoms. The molecule has 1 saturated heterocycles. The summed E-state index contributed by atoms with van der Waals surface area (Å²) in [6.45, 7) is 1.99. The Morgan fingerprint density at radius 2 is 2.28 bits per heavy atom. The van der Waals surface area contributed by atoms with Crippen LogP contribution >= 0.6 is 11.6 Å². The molecule has 2 heterocycles. The number of carbonyl (C=O) groups is 2. The maximum atomic E-state index is 11.7. The fourth-order valence-corrected chi connectivity index (χ4v) is 2.45. The van der Waals surface area contributed by atoms with Crippen LogP contribution in [0.25, 0.3) is 0 Å². The highest BCUT2D eigenvalue weighted by molar-refractivity contribution is 6.30. The molecular formula is C11H14ClN3O3. The molecule has 6 nitrogen and oxygen atoms in total. The summed E-state index contributed by atoms with van der Waals surface area (Å²) in [6, 6.07) is -0.756. The van der Waals surface area contributed by atoms with Gasteiger partial charge in [-0.3, -0.25) is 9.48 Å². The van der Waals surface area contributed by atoms with Crippen LogP contribution in [0, 0.1) is 6.92 Å². The van der Waals surface area contributed by atoms with Gasteiger partial charge >= 0.3 is 5.97 Å². The highest BCUT2D eigenvalue weighted by Crippen LogP contribution is 2.26. The number of aliphatic carboxylic acids is 1. The number of carboxylic acids is 1. The van der Waals surface area contributed by atoms with Crippen molar-refractivity contribution in [2.45, 2.75) is 32.4 Å². The van der Waals surface area contributed by atoms with Gasteiger partial charge in [0.05, 0.1) is 12.2 Å². The lowest BCUT2D eigenvalue weighted by Crippen LogP contribution is -2.38. The monoisotopic (exact) mass is 271 g/mol. The molecule has 1 aromatic rings. The number of carbonyl (C=O) groups excluding carboxylic acids is 1. The van der Waals surface area contributed by atoms with Gasteiger partial charge in [0.15, 0.2) is 0 Å². The van der Waals surface area contributed by atoms with Crippen LogP contribution < -0.4 is 0 Å². The molecular weight excluding hydrogens is 258 g/mol. The lowest BCUT2D eigenvalue weighted by molar-refractivity contribution is -0.146. The summed E-state index contributed by atoms with van der Waals surface area (Å²) >= 11 is 6.08. The molecule has 1 fully saturated rings. The molecule has 18 heavy (non-hydrogen) atoms. The second kappa shape index (κ2) is 4.61. The maximum absolute atomic E-state index is 11.7. The number of aryl methyl sites for hydroxylation is 2. The summed E-state index contributed by atoms with van der Waals surface area (Å²) < 4.78 is 1.52. The average molecular weight is 272 g/mol. The number of aromatic nitrogens is 2. The third kappa shape index (κ3) is 2.08. The van der Waals surface area contributed by atoms with Gasteiger partial charge in [-0.2, -0.15) is 5.10 Å². The first kappa shape index (κ1) is 12.9. The highest BCUT2D eigenvalue weighted by Gasteiger charge is 2.36. The third-order valence-electron chi connectivity index (χ3n) is 3.21. The van der Waals surface area contributed by atoms with Crippen LogP contribution in [0.4, 0.5) is 0 Å². The van der Waals surface area contributed by atoms with Gasteiger partial charge in [0.25, 0.3) is 0 Å². The number of carboxylic acid groups (broad SMARTS) is 1. The smallest absolute Gasteiger partial charge is 0.326 e. The van der Waals surface area contributed by atoms with E-state index in [0.717, 1.165) is 0 Å². The number of likely N-dealkylation sites (tertiary alicyclic amines) is 1. The molecule has 0 saturated carbocycles. The summed E-state index contributed by atoms with van der Waals surface area (Å²) in [5, 5.41) is 13.7. The quantitative estimate of drug-likeness (QED) is 0.888. The normalized spacial score (nSPS) is 19.6. The number of hydrogen-bond donors (Lipinski definition) is 1. The van der Waals surface area contributed by atoms with Crippen molar-refractivity contribution in [1.82, 2.24) is 14.7 Å². The molecule has 1 aliphatic rings. The van der Waals surface area contributed by atoms with Crippen molar-refractivity contribution in [3.8, 4) is 0 Å². The Kier molecular flexibility index (Phi) is 3.30. The van der Waals surface area contributed by atoms with Crippen molar-refractivity contribution in [1.29, 1.82) is 0 Å². The minimum atomic E-state index is -0.974. The number of rotatable bonds is 3. The molecule has 1 atom stereocenters. The Morgan fingerprint density at radius 3 is 2.78 bits per heavy atom. The molecule has 2 rings (SSSR count). The molecule has 0 radical (unpaired) electrons. The molecule has 0 aromatic carbocycles. The Bertz CT molecular complexity index is 512. The molecule has 0 spiro atoms. The van der Waals surface area contributed by atoms with E-state index >= 15 is 0 Å². The molecule has 0 bridgehead atoms. The van der Waals surface area contributed by atoms with Gasteiger partial charge in [0.2, 0.25) is 5.91 Å². The van der Waals surface area contributed by atoms with Crippen molar-refractivity contribution < 1.29 is 14.7 Å². The van der Waals surface area contributed by atoms with Crippen molar-refractivity contribution in [3.05, 3.63) is 16.4 Å². The topological polar surface area (TPSA) is 75.4 Å². The molecule has 0 aliphatic carbocycles. The van der Waals surface area contributed by atoms with E-state index in [2.05, 4.69) is 5.10 Å². The van der Waals surface area contributed by atoms with E-state index in [9.17, 15) is 9.59 Å². The predicted octanol–water partition coefficient (Wildman–Crippen LogP) is 0.958. The van der Waals surface area contributed by atoms with E-state index in [1.165, 1.54) is 9.58 Å². The summed E-state index contributed by atoms with van der Waals surface area (Å²) in [4.78, 5) is 24.1. The Morgan fingerprint density at radius 1 is 1.61 bits per heavy atom. The lowest BCUT2D eigenvalue weighted by atomic mass is 10.2. The summed E-state index contributed by atoms with van der Waals surface area (Å²) in [5.41, 5.74) is 1.42. The first-order valence-electron chi connectivity index (χ1n) is 5.62. The standard InChI is InChI=1S/C11H14ClN3O3/c1-6-7(10(12)14(2)13-6)5-15-8(11(17)18)3-4-9(15)16/h8H,3-5H2,1-2H3,(H,17,18). The largest absolute Gasteiger partial charge is 0.480 e. The number of hydrogen-bond acceptors (Lipinski definition) is 3. The Labute approximate surface area is 109 Å². The van der Waals surface area contributed by atoms with Crippen LogP contribution in [0.15, 0.2) is 0 Å². The van der Waals surface area contributed by atoms with E-state index < -0.39 is 12.0 Å². The molecule has 1 unspecified atom stereocenters. The predicted molar refractivity (Wildman–Crippen MR) is 64.2 cm³/mol. The number of amides is 1. The van der Waals surface area contributed by atoms with Gasteiger partial charge in [-0.25, -0.2) is 4.79 Å². The fourth-order valence-electron chi connectivity index (χ4n) is 2.21. The zero-order valence-corrected chi connectivity index (χ0v) is 10.9. The molecule has 1 amide bonds. The van der Waals surface area contributed by atoms with Gasteiger partial charge in [-0.05, 0) is 13.3 Å². The lowest BCUT2D eigenvalue weighted by Gasteiger charge is -2.21. The second-order valence-corrected chi connectivity index (χ2v) is 4.75. The highest BCUT2D eigenvalue weighted by atomic mass is 35.5. The van der Waals surface area contributed by atoms with E-state index in [1.54, 1.807) is 14.0 Å². The van der Waals surface area contributed by atoms with E-state index in [1.807, 2.05) is 0 Å². The van der Waals surface area contributed by atoms with Crippen molar-refractivity contribution >= 4 is 23.5 Å². The van der Waals surface area contributed by atoms with Crippen LogP contribution in [-0.2, 0) is 23.2 Å². The summed E-state index contributed by atoms with van der Waals surface area (Å²) in [6.07, 6.45) is 0.624. The summed E-state index contributed by atoms with van der Waals surface area (Å²) in [5.74, 6) is -1.12. The molecule has 1 N–H and O–H groups in total. The van der Waals surface area contributed by atoms with E-state index in [0.29, 0.717) is 22.8 Å². The molecule has 1 aliphatic heterocycles. The van der Waals surface area contributed by atoms with Gasteiger partial charge in [0, 0.05) is 19.0 Å². The molecule has 1 aromatic heterocycles. The van der Waals surface area contributed by atoms with Gasteiger partial charge < -0.3 is 10.0 Å². The van der Waals surface area contributed by atoms with Crippen LogP contribution in [0.2, 0.25) is 5.15 Å². The van der Waals surface area contributed by atoms with E-state index in [4.69, 9.17) is 16.7 Å². The summed E-state index contributed by atoms with van der Waals surface area (Å²) in [7, 11) is 1.71. The Hall–Kier alpha value is -1.56. The van der Waals surface area contributed by atoms with Crippen LogP contribution in [0.5, 0.6) is 0 Å². The minimum Gasteiger partial charge on any atom is -0.480 e. The second-order valence-electron chi connectivity index (χ2n) is 4.39. The first-order valence-corrected chi connectivity index (χ1v) is 6.00. The minimum absolute atomic E-state index is 0.151. The van der Waals surface area contributed by atoms with Crippen LogP contribution in [0.1, 0.15) is 24.1 Å². The van der Waals surface area contributed by atoms with Crippen LogP contribution in [-0.4, -0.2) is 37.7 Å². The van der Waals surface area contributed by atoms with Gasteiger partial charge in [0.1, 0.15) is 11.2 Å². The average Bonchev–Trinajstić information content (AvgIpc) is 2.76. The van der Waals surface area contributed by atoms with Crippen LogP contribution in [0.3, 0.4) is 0 Å². The third-order valence-corrected chi connectivity index (χ3v) is 3.68. The van der Waals surface area contributed by atoms with Crippen molar-refractivity contribution in [2.24, 2.45) is 7.05 Å². The van der Waals surface area contributed by atoms with E-state index in [-0.39, 0.29) is 18.9 Å². The molecule has 98 valence electrons. The first-order chi connectivity index (χ1) is 8.41. The number of halogens is 1. The van der Waals surface area contributed by atoms with Crippen molar-refractivity contribution in [3.63, 3.8) is 0 Å².